The minimum absolute atomic E-state index is 0. The molecular weight excluding hydrogens is 435 g/mol. The van der Waals surface area contributed by atoms with Crippen molar-refractivity contribution < 1.29 is 4.74 Å². The van der Waals surface area contributed by atoms with Crippen LogP contribution in [0, 0.1) is 0 Å². The summed E-state index contributed by atoms with van der Waals surface area (Å²) in [7, 11) is 1.85. The van der Waals surface area contributed by atoms with E-state index in [0.29, 0.717) is 6.10 Å². The Morgan fingerprint density at radius 1 is 1.42 bits per heavy atom. The highest BCUT2D eigenvalue weighted by atomic mass is 127. The van der Waals surface area contributed by atoms with Crippen molar-refractivity contribution in [3.63, 3.8) is 0 Å². The fourth-order valence-electron chi connectivity index (χ4n) is 2.78. The molecule has 1 aromatic heterocycles. The maximum atomic E-state index is 6.09. The highest BCUT2D eigenvalue weighted by molar-refractivity contribution is 14.0. The summed E-state index contributed by atoms with van der Waals surface area (Å²) < 4.78 is 6.09. The first-order valence-electron chi connectivity index (χ1n) is 8.48. The first kappa shape index (κ1) is 21.6. The summed E-state index contributed by atoms with van der Waals surface area (Å²) >= 11 is 1.73. The van der Waals surface area contributed by atoms with E-state index in [4.69, 9.17) is 4.74 Å². The number of ether oxygens (including phenoxy) is 1. The number of guanidine groups is 1. The molecule has 24 heavy (non-hydrogen) atoms. The van der Waals surface area contributed by atoms with Gasteiger partial charge in [0.2, 0.25) is 0 Å². The van der Waals surface area contributed by atoms with Crippen molar-refractivity contribution in [2.24, 2.45) is 4.99 Å². The monoisotopic (exact) mass is 466 g/mol. The first-order valence-corrected chi connectivity index (χ1v) is 9.36. The quantitative estimate of drug-likeness (QED) is 0.418. The van der Waals surface area contributed by atoms with Crippen LogP contribution in [-0.4, -0.2) is 47.7 Å². The molecule has 138 valence electrons. The molecule has 0 atom stereocenters. The second kappa shape index (κ2) is 9.91. The smallest absolute Gasteiger partial charge is 0.193 e. The van der Waals surface area contributed by atoms with Crippen LogP contribution in [0.5, 0.6) is 0 Å². The summed E-state index contributed by atoms with van der Waals surface area (Å²) in [6.07, 6.45) is 3.46. The van der Waals surface area contributed by atoms with Crippen molar-refractivity contribution in [3.05, 3.63) is 16.1 Å². The maximum Gasteiger partial charge on any atom is 0.193 e. The van der Waals surface area contributed by atoms with Gasteiger partial charge < -0.3 is 15.0 Å². The number of thiazole rings is 1. The molecule has 1 N–H and O–H groups in total. The number of piperidine rings is 1. The molecule has 0 aromatic carbocycles. The van der Waals surface area contributed by atoms with Gasteiger partial charge in [-0.1, -0.05) is 6.92 Å². The van der Waals surface area contributed by atoms with Crippen molar-refractivity contribution in [1.29, 1.82) is 0 Å². The van der Waals surface area contributed by atoms with Gasteiger partial charge in [0, 0.05) is 25.5 Å². The minimum Gasteiger partial charge on any atom is -0.372 e. The largest absolute Gasteiger partial charge is 0.372 e. The number of rotatable bonds is 4. The van der Waals surface area contributed by atoms with Crippen LogP contribution in [0.2, 0.25) is 0 Å². The number of halogens is 1. The van der Waals surface area contributed by atoms with Crippen LogP contribution in [0.4, 0.5) is 0 Å². The third kappa shape index (κ3) is 6.84. The Bertz CT molecular complexity index is 519. The molecule has 0 radical (unpaired) electrons. The standard InChI is InChI=1S/C17H30N4OS.HI/c1-6-15-20-13(12-23-15)11-19-16(18-5)21-9-7-14(8-10-21)22-17(2,3)4;/h12,14H,6-11H2,1-5H3,(H,18,19);1H. The van der Waals surface area contributed by atoms with E-state index < -0.39 is 0 Å². The molecule has 1 fully saturated rings. The Hall–Kier alpha value is -0.410. The number of likely N-dealkylation sites (tertiary alicyclic amines) is 1. The van der Waals surface area contributed by atoms with Gasteiger partial charge in [-0.25, -0.2) is 4.98 Å². The van der Waals surface area contributed by atoms with Gasteiger partial charge in [-0.05, 0) is 40.0 Å². The lowest BCUT2D eigenvalue weighted by Crippen LogP contribution is -2.47. The van der Waals surface area contributed by atoms with Gasteiger partial charge in [-0.15, -0.1) is 35.3 Å². The fourth-order valence-corrected chi connectivity index (χ4v) is 3.52. The number of nitrogens with zero attached hydrogens (tertiary/aromatic N) is 3. The van der Waals surface area contributed by atoms with E-state index in [0.717, 1.165) is 50.6 Å². The van der Waals surface area contributed by atoms with Crippen LogP contribution in [-0.2, 0) is 17.7 Å². The van der Waals surface area contributed by atoms with Crippen LogP contribution in [0.25, 0.3) is 0 Å². The molecular formula is C17H31IN4OS. The average Bonchev–Trinajstić information content (AvgIpc) is 2.96. The SMILES string of the molecule is CCc1nc(CNC(=NC)N2CCC(OC(C)(C)C)CC2)cs1.I. The van der Waals surface area contributed by atoms with Gasteiger partial charge in [0.15, 0.2) is 5.96 Å². The molecule has 2 rings (SSSR count). The summed E-state index contributed by atoms with van der Waals surface area (Å²) in [5, 5.41) is 6.75. The molecule has 0 amide bonds. The molecule has 0 unspecified atom stereocenters. The van der Waals surface area contributed by atoms with E-state index in [-0.39, 0.29) is 29.6 Å². The van der Waals surface area contributed by atoms with Crippen molar-refractivity contribution in [1.82, 2.24) is 15.2 Å². The topological polar surface area (TPSA) is 49.8 Å². The van der Waals surface area contributed by atoms with E-state index in [9.17, 15) is 0 Å². The summed E-state index contributed by atoms with van der Waals surface area (Å²) in [4.78, 5) is 11.3. The van der Waals surface area contributed by atoms with Crippen LogP contribution < -0.4 is 5.32 Å². The predicted octanol–water partition coefficient (Wildman–Crippen LogP) is 3.68. The average molecular weight is 466 g/mol. The molecule has 1 aliphatic heterocycles. The Balaban J connectivity index is 0.00000288. The first-order chi connectivity index (χ1) is 10.9. The van der Waals surface area contributed by atoms with E-state index in [2.05, 4.69) is 53.3 Å². The lowest BCUT2D eigenvalue weighted by atomic mass is 10.1. The van der Waals surface area contributed by atoms with E-state index in [1.54, 1.807) is 11.3 Å². The summed E-state index contributed by atoms with van der Waals surface area (Å²) in [5.41, 5.74) is 1.04. The predicted molar refractivity (Wildman–Crippen MR) is 113 cm³/mol. The zero-order valence-electron chi connectivity index (χ0n) is 15.5. The third-order valence-electron chi connectivity index (χ3n) is 3.80. The number of aryl methyl sites for hydroxylation is 1. The number of aromatic nitrogens is 1. The Kier molecular flexibility index (Phi) is 8.94. The van der Waals surface area contributed by atoms with Crippen LogP contribution in [0.1, 0.15) is 51.2 Å². The van der Waals surface area contributed by atoms with E-state index in [1.807, 2.05) is 7.05 Å². The van der Waals surface area contributed by atoms with Crippen LogP contribution in [0.15, 0.2) is 10.4 Å². The maximum absolute atomic E-state index is 6.09. The minimum atomic E-state index is -0.0611. The van der Waals surface area contributed by atoms with Gasteiger partial charge in [0.1, 0.15) is 0 Å². The van der Waals surface area contributed by atoms with Gasteiger partial charge >= 0.3 is 0 Å². The number of aliphatic imine (C=N–C) groups is 1. The third-order valence-corrected chi connectivity index (χ3v) is 4.84. The molecule has 2 heterocycles. The van der Waals surface area contributed by atoms with Gasteiger partial charge in [0.05, 0.1) is 29.0 Å². The second-order valence-electron chi connectivity index (χ2n) is 6.90. The van der Waals surface area contributed by atoms with Gasteiger partial charge in [0.25, 0.3) is 0 Å². The lowest BCUT2D eigenvalue weighted by Gasteiger charge is -2.36. The van der Waals surface area contributed by atoms with Crippen molar-refractivity contribution >= 4 is 41.3 Å². The zero-order chi connectivity index (χ0) is 16.9. The second-order valence-corrected chi connectivity index (χ2v) is 7.85. The summed E-state index contributed by atoms with van der Waals surface area (Å²) in [6.45, 7) is 11.2. The summed E-state index contributed by atoms with van der Waals surface area (Å²) in [6, 6.07) is 0. The van der Waals surface area contributed by atoms with Gasteiger partial charge in [-0.2, -0.15) is 0 Å². The highest BCUT2D eigenvalue weighted by Gasteiger charge is 2.25. The zero-order valence-corrected chi connectivity index (χ0v) is 18.6. The van der Waals surface area contributed by atoms with E-state index in [1.165, 1.54) is 5.01 Å². The van der Waals surface area contributed by atoms with Crippen LogP contribution in [0.3, 0.4) is 0 Å². The molecule has 0 saturated carbocycles. The number of hydrogen-bond acceptors (Lipinski definition) is 4. The van der Waals surface area contributed by atoms with Crippen LogP contribution >= 0.6 is 35.3 Å². The highest BCUT2D eigenvalue weighted by Crippen LogP contribution is 2.20. The molecule has 0 bridgehead atoms. The Morgan fingerprint density at radius 2 is 2.08 bits per heavy atom. The summed E-state index contributed by atoms with van der Waals surface area (Å²) in [5.74, 6) is 0.963. The van der Waals surface area contributed by atoms with E-state index >= 15 is 0 Å². The van der Waals surface area contributed by atoms with Gasteiger partial charge in [-0.3, -0.25) is 4.99 Å². The van der Waals surface area contributed by atoms with Crippen molar-refractivity contribution in [2.45, 2.75) is 65.2 Å². The molecule has 0 spiro atoms. The fraction of sp³-hybridized carbons (Fsp3) is 0.765. The molecule has 1 saturated heterocycles. The molecule has 1 aliphatic rings. The number of nitrogens with one attached hydrogen (secondary N) is 1. The molecule has 1 aromatic rings. The number of hydrogen-bond donors (Lipinski definition) is 1. The Labute approximate surface area is 167 Å². The normalized spacial score (nSPS) is 16.9. The molecule has 0 aliphatic carbocycles. The lowest BCUT2D eigenvalue weighted by molar-refractivity contribution is -0.0772. The van der Waals surface area contributed by atoms with Crippen molar-refractivity contribution in [2.75, 3.05) is 20.1 Å². The Morgan fingerprint density at radius 3 is 2.58 bits per heavy atom. The molecule has 5 nitrogen and oxygen atoms in total. The molecule has 7 heteroatoms. The van der Waals surface area contributed by atoms with Crippen molar-refractivity contribution in [3.8, 4) is 0 Å².